The molecular formula is C11H20N4O2. The molecule has 96 valence electrons. The number of aryl methyl sites for hydroxylation is 1. The molecule has 17 heavy (non-hydrogen) atoms. The van der Waals surface area contributed by atoms with Crippen LogP contribution in [0.4, 0.5) is 0 Å². The molecule has 0 aliphatic carbocycles. The fourth-order valence-corrected chi connectivity index (χ4v) is 1.46. The average molecular weight is 240 g/mol. The van der Waals surface area contributed by atoms with Crippen LogP contribution in [0.3, 0.4) is 0 Å². The lowest BCUT2D eigenvalue weighted by molar-refractivity contribution is -0.121. The molecule has 3 N–H and O–H groups in total. The van der Waals surface area contributed by atoms with Crippen molar-refractivity contribution < 1.29 is 9.32 Å². The molecule has 0 spiro atoms. The number of carbonyl (C=O) groups is 1. The number of nitrogens with zero attached hydrogens (tertiary/aromatic N) is 2. The minimum Gasteiger partial charge on any atom is -0.347 e. The number of carbonyl (C=O) groups excluding carboxylic acids is 1. The van der Waals surface area contributed by atoms with Crippen molar-refractivity contribution in [1.82, 2.24) is 15.5 Å². The molecule has 0 aromatic carbocycles. The van der Waals surface area contributed by atoms with Crippen LogP contribution in [0.25, 0.3) is 0 Å². The van der Waals surface area contributed by atoms with E-state index in [0.29, 0.717) is 24.7 Å². The molecule has 6 nitrogen and oxygen atoms in total. The number of rotatable bonds is 8. The standard InChI is InChI=1S/C11H20N4O2/c1-9-14-11(17-15-9)8-13-10(16)6-4-2-3-5-7-12/h2-8,12H2,1H3,(H,13,16). The van der Waals surface area contributed by atoms with Crippen molar-refractivity contribution in [3.8, 4) is 0 Å². The quantitative estimate of drug-likeness (QED) is 0.658. The van der Waals surface area contributed by atoms with Gasteiger partial charge in [-0.05, 0) is 26.3 Å². The van der Waals surface area contributed by atoms with Crippen LogP contribution in [-0.4, -0.2) is 22.6 Å². The molecule has 6 heteroatoms. The van der Waals surface area contributed by atoms with E-state index < -0.39 is 0 Å². The van der Waals surface area contributed by atoms with Crippen LogP contribution < -0.4 is 11.1 Å². The monoisotopic (exact) mass is 240 g/mol. The number of aromatic nitrogens is 2. The first-order valence-corrected chi connectivity index (χ1v) is 5.98. The smallest absolute Gasteiger partial charge is 0.246 e. The van der Waals surface area contributed by atoms with E-state index in [2.05, 4.69) is 15.5 Å². The maximum absolute atomic E-state index is 11.4. The molecule has 0 saturated heterocycles. The summed E-state index contributed by atoms with van der Waals surface area (Å²) >= 11 is 0. The van der Waals surface area contributed by atoms with Gasteiger partial charge in [0.25, 0.3) is 0 Å². The molecular weight excluding hydrogens is 220 g/mol. The van der Waals surface area contributed by atoms with E-state index in [4.69, 9.17) is 10.3 Å². The molecule has 0 unspecified atom stereocenters. The van der Waals surface area contributed by atoms with Gasteiger partial charge in [0.2, 0.25) is 11.8 Å². The molecule has 1 aromatic heterocycles. The summed E-state index contributed by atoms with van der Waals surface area (Å²) in [4.78, 5) is 15.4. The summed E-state index contributed by atoms with van der Waals surface area (Å²) in [7, 11) is 0. The first-order chi connectivity index (χ1) is 8.22. The molecule has 1 amide bonds. The maximum Gasteiger partial charge on any atom is 0.246 e. The minimum absolute atomic E-state index is 0.0219. The molecule has 0 fully saturated rings. The van der Waals surface area contributed by atoms with Crippen LogP contribution in [0.1, 0.15) is 43.8 Å². The van der Waals surface area contributed by atoms with Crippen LogP contribution in [0.5, 0.6) is 0 Å². The normalized spacial score (nSPS) is 10.5. The SMILES string of the molecule is Cc1noc(CNC(=O)CCCCCCN)n1. The summed E-state index contributed by atoms with van der Waals surface area (Å²) in [6, 6.07) is 0. The average Bonchev–Trinajstić information content (AvgIpc) is 2.72. The first-order valence-electron chi connectivity index (χ1n) is 5.98. The molecule has 0 bridgehead atoms. The summed E-state index contributed by atoms with van der Waals surface area (Å²) in [6.07, 6.45) is 4.60. The Bertz CT molecular complexity index is 338. The van der Waals surface area contributed by atoms with E-state index in [1.54, 1.807) is 6.92 Å². The van der Waals surface area contributed by atoms with Gasteiger partial charge in [0.05, 0.1) is 6.54 Å². The molecule has 1 aromatic rings. The highest BCUT2D eigenvalue weighted by molar-refractivity contribution is 5.75. The summed E-state index contributed by atoms with van der Waals surface area (Å²) in [5.41, 5.74) is 5.38. The number of hydrogen-bond donors (Lipinski definition) is 2. The van der Waals surface area contributed by atoms with Crippen molar-refractivity contribution in [1.29, 1.82) is 0 Å². The third-order valence-electron chi connectivity index (χ3n) is 2.36. The van der Waals surface area contributed by atoms with Crippen molar-refractivity contribution in [2.24, 2.45) is 5.73 Å². The van der Waals surface area contributed by atoms with Crippen molar-refractivity contribution in [3.05, 3.63) is 11.7 Å². The molecule has 0 aliphatic rings. The number of amides is 1. The van der Waals surface area contributed by atoms with Crippen molar-refractivity contribution >= 4 is 5.91 Å². The lowest BCUT2D eigenvalue weighted by Gasteiger charge is -2.02. The Hall–Kier alpha value is -1.43. The van der Waals surface area contributed by atoms with Gasteiger partial charge in [-0.2, -0.15) is 4.98 Å². The van der Waals surface area contributed by atoms with Gasteiger partial charge < -0.3 is 15.6 Å². The Kier molecular flexibility index (Phi) is 6.24. The Labute approximate surface area is 101 Å². The van der Waals surface area contributed by atoms with E-state index in [1.165, 1.54) is 0 Å². The minimum atomic E-state index is 0.0219. The second kappa shape index (κ2) is 7.78. The number of unbranched alkanes of at least 4 members (excludes halogenated alkanes) is 3. The summed E-state index contributed by atoms with van der Waals surface area (Å²) < 4.78 is 4.88. The van der Waals surface area contributed by atoms with Gasteiger partial charge in [0.1, 0.15) is 0 Å². The highest BCUT2D eigenvalue weighted by atomic mass is 16.5. The van der Waals surface area contributed by atoms with Gasteiger partial charge in [-0.25, -0.2) is 0 Å². The summed E-state index contributed by atoms with van der Waals surface area (Å²) in [5.74, 6) is 1.05. The second-order valence-corrected chi connectivity index (χ2v) is 3.96. The molecule has 0 saturated carbocycles. The van der Waals surface area contributed by atoms with Crippen molar-refractivity contribution in [2.45, 2.75) is 45.6 Å². The predicted molar refractivity (Wildman–Crippen MR) is 63.0 cm³/mol. The van der Waals surface area contributed by atoms with E-state index in [-0.39, 0.29) is 5.91 Å². The Morgan fingerprint density at radius 1 is 1.35 bits per heavy atom. The third kappa shape index (κ3) is 6.01. The summed E-state index contributed by atoms with van der Waals surface area (Å²) in [6.45, 7) is 2.78. The lowest BCUT2D eigenvalue weighted by atomic mass is 10.1. The number of hydrogen-bond acceptors (Lipinski definition) is 5. The predicted octanol–water partition coefficient (Wildman–Crippen LogP) is 0.903. The summed E-state index contributed by atoms with van der Waals surface area (Å²) in [5, 5.41) is 6.38. The van der Waals surface area contributed by atoms with Crippen LogP contribution >= 0.6 is 0 Å². The maximum atomic E-state index is 11.4. The zero-order valence-corrected chi connectivity index (χ0v) is 10.2. The number of nitrogens with two attached hydrogens (primary N) is 1. The van der Waals surface area contributed by atoms with Gasteiger partial charge in [-0.3, -0.25) is 4.79 Å². The Morgan fingerprint density at radius 2 is 2.12 bits per heavy atom. The van der Waals surface area contributed by atoms with Gasteiger partial charge in [0.15, 0.2) is 5.82 Å². The van der Waals surface area contributed by atoms with Crippen LogP contribution in [0.2, 0.25) is 0 Å². The lowest BCUT2D eigenvalue weighted by Crippen LogP contribution is -2.22. The van der Waals surface area contributed by atoms with Gasteiger partial charge in [0, 0.05) is 6.42 Å². The second-order valence-electron chi connectivity index (χ2n) is 3.96. The highest BCUT2D eigenvalue weighted by Gasteiger charge is 2.05. The van der Waals surface area contributed by atoms with E-state index in [0.717, 1.165) is 32.2 Å². The molecule has 0 atom stereocenters. The molecule has 0 aliphatic heterocycles. The van der Waals surface area contributed by atoms with Gasteiger partial charge in [-0.15, -0.1) is 0 Å². The third-order valence-corrected chi connectivity index (χ3v) is 2.36. The fourth-order valence-electron chi connectivity index (χ4n) is 1.46. The number of nitrogens with one attached hydrogen (secondary N) is 1. The van der Waals surface area contributed by atoms with E-state index in [9.17, 15) is 4.79 Å². The van der Waals surface area contributed by atoms with Gasteiger partial charge in [-0.1, -0.05) is 18.0 Å². The first kappa shape index (κ1) is 13.6. The molecule has 1 heterocycles. The highest BCUT2D eigenvalue weighted by Crippen LogP contribution is 2.02. The topological polar surface area (TPSA) is 94.0 Å². The van der Waals surface area contributed by atoms with Crippen LogP contribution in [-0.2, 0) is 11.3 Å². The van der Waals surface area contributed by atoms with Crippen LogP contribution in [0, 0.1) is 6.92 Å². The zero-order valence-electron chi connectivity index (χ0n) is 10.2. The van der Waals surface area contributed by atoms with Crippen molar-refractivity contribution in [3.63, 3.8) is 0 Å². The largest absolute Gasteiger partial charge is 0.347 e. The van der Waals surface area contributed by atoms with E-state index >= 15 is 0 Å². The molecule has 1 rings (SSSR count). The zero-order chi connectivity index (χ0) is 12.5. The van der Waals surface area contributed by atoms with Crippen molar-refractivity contribution in [2.75, 3.05) is 6.54 Å². The van der Waals surface area contributed by atoms with Gasteiger partial charge >= 0.3 is 0 Å². The van der Waals surface area contributed by atoms with E-state index in [1.807, 2.05) is 0 Å². The van der Waals surface area contributed by atoms with Crippen LogP contribution in [0.15, 0.2) is 4.52 Å². The fraction of sp³-hybridized carbons (Fsp3) is 0.727. The Morgan fingerprint density at radius 3 is 2.76 bits per heavy atom. The molecule has 0 radical (unpaired) electrons. The Balaban J connectivity index is 2.05.